The first kappa shape index (κ1) is 13.7. The molecule has 0 amide bonds. The molecule has 122 valence electrons. The predicted octanol–water partition coefficient (Wildman–Crippen LogP) is 1.92. The van der Waals surface area contributed by atoms with Crippen molar-refractivity contribution in [2.75, 3.05) is 0 Å². The highest BCUT2D eigenvalue weighted by Crippen LogP contribution is 2.25. The zero-order chi connectivity index (χ0) is 17.0. The number of H-pyrrole nitrogens is 2. The quantitative estimate of drug-likeness (QED) is 0.509. The molecule has 0 aliphatic rings. The third-order valence-electron chi connectivity index (χ3n) is 3.99. The van der Waals surface area contributed by atoms with Crippen LogP contribution in [0.4, 0.5) is 0 Å². The molecule has 1 aromatic carbocycles. The number of oxazole rings is 1. The van der Waals surface area contributed by atoms with Crippen LogP contribution in [0.15, 0.2) is 45.9 Å². The maximum absolute atomic E-state index is 12.4. The molecule has 0 atom stereocenters. The normalized spacial score (nSPS) is 11.6. The van der Waals surface area contributed by atoms with E-state index in [0.717, 1.165) is 16.6 Å². The number of aromatic amines is 2. The lowest BCUT2D eigenvalue weighted by molar-refractivity contribution is 0.543. The molecule has 0 spiro atoms. The maximum atomic E-state index is 12.4. The molecule has 25 heavy (non-hydrogen) atoms. The van der Waals surface area contributed by atoms with Crippen molar-refractivity contribution in [3.63, 3.8) is 0 Å². The zero-order valence-electron chi connectivity index (χ0n) is 13.0. The van der Waals surface area contributed by atoms with Crippen LogP contribution in [0.1, 0.15) is 5.76 Å². The number of benzene rings is 1. The summed E-state index contributed by atoms with van der Waals surface area (Å²) in [5.74, 6) is 1.09. The van der Waals surface area contributed by atoms with E-state index >= 15 is 0 Å². The standard InChI is InChI=1S/C16H11N7O2/c1-8-6-17-16(25-8)10-7-18-23-14(24)5-12(19-15(10)23)9-2-3-11-13(4-9)21-22-20-11/h2-7,19H,1H3,(H,20,21,22). The molecule has 0 saturated heterocycles. The number of aryl methyl sites for hydroxylation is 1. The number of aromatic nitrogens is 7. The van der Waals surface area contributed by atoms with Gasteiger partial charge in [-0.05, 0) is 19.1 Å². The van der Waals surface area contributed by atoms with Crippen LogP contribution in [-0.2, 0) is 0 Å². The summed E-state index contributed by atoms with van der Waals surface area (Å²) in [7, 11) is 0. The molecular weight excluding hydrogens is 322 g/mol. The molecule has 2 N–H and O–H groups in total. The lowest BCUT2D eigenvalue weighted by atomic mass is 10.1. The molecule has 9 nitrogen and oxygen atoms in total. The summed E-state index contributed by atoms with van der Waals surface area (Å²) in [6.07, 6.45) is 3.18. The second kappa shape index (κ2) is 4.87. The van der Waals surface area contributed by atoms with Crippen molar-refractivity contribution in [2.24, 2.45) is 0 Å². The summed E-state index contributed by atoms with van der Waals surface area (Å²) < 4.78 is 6.84. The van der Waals surface area contributed by atoms with Crippen LogP contribution in [0, 0.1) is 6.92 Å². The summed E-state index contributed by atoms with van der Waals surface area (Å²) in [5.41, 5.74) is 3.89. The summed E-state index contributed by atoms with van der Waals surface area (Å²) >= 11 is 0. The van der Waals surface area contributed by atoms with E-state index in [2.05, 4.69) is 30.5 Å². The molecular formula is C16H11N7O2. The molecule has 9 heteroatoms. The van der Waals surface area contributed by atoms with Crippen LogP contribution in [0.3, 0.4) is 0 Å². The van der Waals surface area contributed by atoms with Gasteiger partial charge in [-0.1, -0.05) is 11.3 Å². The molecule has 4 aromatic heterocycles. The van der Waals surface area contributed by atoms with Crippen molar-refractivity contribution in [1.29, 1.82) is 0 Å². The van der Waals surface area contributed by atoms with Gasteiger partial charge in [0.05, 0.1) is 23.6 Å². The molecule has 0 aliphatic heterocycles. The topological polar surface area (TPSA) is 118 Å². The van der Waals surface area contributed by atoms with Crippen molar-refractivity contribution < 1.29 is 4.42 Å². The van der Waals surface area contributed by atoms with Crippen LogP contribution < -0.4 is 5.56 Å². The fourth-order valence-corrected chi connectivity index (χ4v) is 2.78. The van der Waals surface area contributed by atoms with Gasteiger partial charge in [0.15, 0.2) is 5.65 Å². The number of fused-ring (bicyclic) bond motifs is 2. The molecule has 0 fully saturated rings. The summed E-state index contributed by atoms with van der Waals surface area (Å²) in [5, 5.41) is 14.7. The van der Waals surface area contributed by atoms with Gasteiger partial charge in [0.2, 0.25) is 5.89 Å². The third kappa shape index (κ3) is 2.06. The summed E-state index contributed by atoms with van der Waals surface area (Å²) in [6, 6.07) is 7.09. The Hall–Kier alpha value is -3.75. The van der Waals surface area contributed by atoms with E-state index in [-0.39, 0.29) is 5.56 Å². The predicted molar refractivity (Wildman–Crippen MR) is 88.9 cm³/mol. The highest BCUT2D eigenvalue weighted by molar-refractivity contribution is 5.81. The van der Waals surface area contributed by atoms with Crippen LogP contribution in [0.25, 0.3) is 39.4 Å². The van der Waals surface area contributed by atoms with E-state index in [1.165, 1.54) is 10.6 Å². The van der Waals surface area contributed by atoms with Gasteiger partial charge in [0.1, 0.15) is 16.8 Å². The molecule has 0 unspecified atom stereocenters. The van der Waals surface area contributed by atoms with Crippen molar-refractivity contribution in [3.05, 3.63) is 52.8 Å². The molecule has 5 rings (SSSR count). The van der Waals surface area contributed by atoms with Crippen LogP contribution >= 0.6 is 0 Å². The minimum Gasteiger partial charge on any atom is -0.441 e. The fourth-order valence-electron chi connectivity index (χ4n) is 2.78. The minimum absolute atomic E-state index is 0.251. The van der Waals surface area contributed by atoms with E-state index in [1.807, 2.05) is 25.1 Å². The van der Waals surface area contributed by atoms with E-state index < -0.39 is 0 Å². The highest BCUT2D eigenvalue weighted by Gasteiger charge is 2.15. The van der Waals surface area contributed by atoms with E-state index in [9.17, 15) is 4.79 Å². The Kier molecular flexibility index (Phi) is 2.66. The molecule has 4 heterocycles. The van der Waals surface area contributed by atoms with Crippen molar-refractivity contribution >= 4 is 16.7 Å². The monoisotopic (exact) mass is 333 g/mol. The Balaban J connectivity index is 1.75. The Bertz CT molecular complexity index is 1290. The zero-order valence-corrected chi connectivity index (χ0v) is 13.0. The van der Waals surface area contributed by atoms with Crippen LogP contribution in [0.2, 0.25) is 0 Å². The second-order valence-corrected chi connectivity index (χ2v) is 5.66. The number of rotatable bonds is 2. The first-order chi connectivity index (χ1) is 12.2. The lowest BCUT2D eigenvalue weighted by Gasteiger charge is -2.03. The second-order valence-electron chi connectivity index (χ2n) is 5.66. The number of hydrogen-bond acceptors (Lipinski definition) is 6. The van der Waals surface area contributed by atoms with E-state index in [4.69, 9.17) is 4.42 Å². The molecule has 5 aromatic rings. The molecule has 0 saturated carbocycles. The van der Waals surface area contributed by atoms with Gasteiger partial charge in [-0.15, -0.1) is 5.10 Å². The van der Waals surface area contributed by atoms with Gasteiger partial charge in [-0.2, -0.15) is 9.61 Å². The van der Waals surface area contributed by atoms with Crippen molar-refractivity contribution in [3.8, 4) is 22.7 Å². The fraction of sp³-hybridized carbons (Fsp3) is 0.0625. The lowest BCUT2D eigenvalue weighted by Crippen LogP contribution is -2.14. The average Bonchev–Trinajstić information content (AvgIpc) is 3.32. The van der Waals surface area contributed by atoms with Gasteiger partial charge in [0.25, 0.3) is 5.56 Å². The van der Waals surface area contributed by atoms with Gasteiger partial charge in [-0.25, -0.2) is 4.98 Å². The van der Waals surface area contributed by atoms with Crippen molar-refractivity contribution in [1.82, 2.24) is 35.0 Å². The minimum atomic E-state index is -0.251. The van der Waals surface area contributed by atoms with Gasteiger partial charge in [0, 0.05) is 11.6 Å². The van der Waals surface area contributed by atoms with E-state index in [0.29, 0.717) is 28.6 Å². The van der Waals surface area contributed by atoms with Gasteiger partial charge >= 0.3 is 0 Å². The third-order valence-corrected chi connectivity index (χ3v) is 3.99. The Morgan fingerprint density at radius 2 is 2.12 bits per heavy atom. The smallest absolute Gasteiger partial charge is 0.274 e. The van der Waals surface area contributed by atoms with E-state index in [1.54, 1.807) is 12.4 Å². The van der Waals surface area contributed by atoms with Crippen LogP contribution in [0.5, 0.6) is 0 Å². The van der Waals surface area contributed by atoms with Gasteiger partial charge in [-0.3, -0.25) is 9.89 Å². The van der Waals surface area contributed by atoms with Crippen LogP contribution in [-0.4, -0.2) is 35.0 Å². The number of nitrogens with zero attached hydrogens (tertiary/aromatic N) is 5. The highest BCUT2D eigenvalue weighted by atomic mass is 16.4. The Labute approximate surface area is 139 Å². The molecule has 0 radical (unpaired) electrons. The average molecular weight is 333 g/mol. The Morgan fingerprint density at radius 1 is 1.20 bits per heavy atom. The molecule has 0 aliphatic carbocycles. The molecule has 0 bridgehead atoms. The Morgan fingerprint density at radius 3 is 2.96 bits per heavy atom. The summed E-state index contributed by atoms with van der Waals surface area (Å²) in [6.45, 7) is 1.81. The summed E-state index contributed by atoms with van der Waals surface area (Å²) in [4.78, 5) is 19.9. The largest absolute Gasteiger partial charge is 0.441 e. The van der Waals surface area contributed by atoms with Gasteiger partial charge < -0.3 is 9.40 Å². The van der Waals surface area contributed by atoms with Crippen molar-refractivity contribution in [2.45, 2.75) is 6.92 Å². The first-order valence-electron chi connectivity index (χ1n) is 7.54. The number of nitrogens with one attached hydrogen (secondary N) is 2. The SMILES string of the molecule is Cc1cnc(-c2cnn3c(=O)cc(-c4ccc5[nH]nnc5c4)[nH]c23)o1. The number of hydrogen-bond donors (Lipinski definition) is 2. The maximum Gasteiger partial charge on any atom is 0.274 e. The first-order valence-corrected chi connectivity index (χ1v) is 7.54.